The quantitative estimate of drug-likeness (QED) is 0.355. The first-order valence-electron chi connectivity index (χ1n) is 8.50. The lowest BCUT2D eigenvalue weighted by molar-refractivity contribution is -0.153. The number of Topliss-reactive ketones (excluding diaryl/α,β-unsaturated/α-hetero) is 1. The van der Waals surface area contributed by atoms with Gasteiger partial charge in [-0.2, -0.15) is 0 Å². The van der Waals surface area contributed by atoms with E-state index in [0.717, 1.165) is 16.7 Å². The molecule has 0 spiro atoms. The van der Waals surface area contributed by atoms with E-state index in [1.165, 1.54) is 11.3 Å². The predicted molar refractivity (Wildman–Crippen MR) is 105 cm³/mol. The van der Waals surface area contributed by atoms with Crippen LogP contribution in [0.5, 0.6) is 0 Å². The van der Waals surface area contributed by atoms with Crippen LogP contribution in [0.15, 0.2) is 40.3 Å². The Kier molecular flexibility index (Phi) is 6.18. The molecule has 0 bridgehead atoms. The van der Waals surface area contributed by atoms with Gasteiger partial charge in [-0.3, -0.25) is 23.5 Å². The summed E-state index contributed by atoms with van der Waals surface area (Å²) >= 11 is 1.43. The van der Waals surface area contributed by atoms with Crippen molar-refractivity contribution in [1.29, 1.82) is 0 Å². The van der Waals surface area contributed by atoms with Crippen LogP contribution >= 0.6 is 11.3 Å². The summed E-state index contributed by atoms with van der Waals surface area (Å²) in [7, 11) is 3.18. The van der Waals surface area contributed by atoms with Crippen LogP contribution in [-0.4, -0.2) is 52.8 Å². The Hall–Kier alpha value is -2.53. The van der Waals surface area contributed by atoms with Gasteiger partial charge in [0.05, 0.1) is 16.7 Å². The van der Waals surface area contributed by atoms with Gasteiger partial charge in [-0.05, 0) is 11.4 Å². The molecule has 3 heterocycles. The zero-order chi connectivity index (χ0) is 21.3. The molecule has 0 aliphatic carbocycles. The lowest BCUT2D eigenvalue weighted by Crippen LogP contribution is -2.65. The summed E-state index contributed by atoms with van der Waals surface area (Å²) in [6, 6.07) is 3.64. The number of hydrogen-bond acceptors (Lipinski definition) is 8. The van der Waals surface area contributed by atoms with Gasteiger partial charge in [0, 0.05) is 35.1 Å². The minimum atomic E-state index is -1.80. The number of ketones is 1. The van der Waals surface area contributed by atoms with Gasteiger partial charge in [0.2, 0.25) is 5.91 Å². The van der Waals surface area contributed by atoms with Gasteiger partial charge in [-0.15, -0.1) is 11.3 Å². The molecule has 2 aliphatic heterocycles. The van der Waals surface area contributed by atoms with Crippen molar-refractivity contribution < 1.29 is 32.8 Å². The Bertz CT molecular complexity index is 953. The topological polar surface area (TPSA) is 107 Å². The van der Waals surface area contributed by atoms with Crippen LogP contribution in [0.3, 0.4) is 0 Å². The van der Waals surface area contributed by atoms with E-state index in [-0.39, 0.29) is 34.8 Å². The van der Waals surface area contributed by atoms with Crippen LogP contribution in [-0.2, 0) is 45.8 Å². The van der Waals surface area contributed by atoms with E-state index < -0.39 is 46.5 Å². The van der Waals surface area contributed by atoms with Crippen molar-refractivity contribution in [3.63, 3.8) is 0 Å². The van der Waals surface area contributed by atoms with E-state index in [1.54, 1.807) is 0 Å². The fourth-order valence-electron chi connectivity index (χ4n) is 3.26. The smallest absolute Gasteiger partial charge is 0.378 e. The van der Waals surface area contributed by atoms with Gasteiger partial charge < -0.3 is 9.39 Å². The zero-order valence-electron chi connectivity index (χ0n) is 15.4. The first-order valence-corrected chi connectivity index (χ1v) is 10.6. The highest BCUT2D eigenvalue weighted by Crippen LogP contribution is 2.44. The van der Waals surface area contributed by atoms with Crippen LogP contribution in [0.4, 0.5) is 0 Å². The van der Waals surface area contributed by atoms with Crippen LogP contribution in [0.1, 0.15) is 18.2 Å². The van der Waals surface area contributed by atoms with Crippen LogP contribution in [0.25, 0.3) is 0 Å². The van der Waals surface area contributed by atoms with Crippen molar-refractivity contribution in [2.75, 3.05) is 6.61 Å². The molecule has 11 heteroatoms. The number of esters is 1. The minimum absolute atomic E-state index is 0.00180. The molecule has 1 amide bonds. The lowest BCUT2D eigenvalue weighted by atomic mass is 9.89. The molecule has 3 atom stereocenters. The van der Waals surface area contributed by atoms with Gasteiger partial charge >= 0.3 is 20.0 Å². The van der Waals surface area contributed by atoms with Crippen molar-refractivity contribution in [3.8, 4) is 0 Å². The number of nitrogens with zero attached hydrogens (tertiary/aromatic N) is 1. The number of thiophene rings is 1. The van der Waals surface area contributed by atoms with Crippen molar-refractivity contribution >= 4 is 53.8 Å². The van der Waals surface area contributed by atoms with Crippen LogP contribution in [0, 0.1) is 5.92 Å². The number of hydrogen-bond donors (Lipinski definition) is 0. The summed E-state index contributed by atoms with van der Waals surface area (Å²) in [5.41, 5.74) is -0.266. The Labute approximate surface area is 174 Å². The Balaban J connectivity index is 1.86. The molecule has 8 nitrogen and oxygen atoms in total. The first-order chi connectivity index (χ1) is 13.8. The third-order valence-corrected chi connectivity index (χ3v) is 7.18. The normalized spacial score (nSPS) is 23.3. The fraction of sp³-hybridized carbons (Fsp3) is 0.333. The highest BCUT2D eigenvalue weighted by Gasteiger charge is 2.58. The number of rotatable bonds is 7. The molecular weight excluding hydrogens is 417 g/mol. The summed E-state index contributed by atoms with van der Waals surface area (Å²) in [4.78, 5) is 50.3. The molecule has 3 rings (SSSR count). The van der Waals surface area contributed by atoms with Gasteiger partial charge in [0.1, 0.15) is 23.5 Å². The SMILES string of the molecule is [B]OC(=O)C1=C(COC(C)=O)C(=C)S(=O)[C@@H]2[C@H](CC(=O)Cc3cccs3)C(=O)N12. The maximum Gasteiger partial charge on any atom is 0.378 e. The molecule has 0 aromatic carbocycles. The molecule has 1 saturated heterocycles. The van der Waals surface area contributed by atoms with Gasteiger partial charge in [0.25, 0.3) is 0 Å². The maximum atomic E-state index is 12.9. The van der Waals surface area contributed by atoms with Crippen molar-refractivity contribution in [2.45, 2.75) is 25.1 Å². The monoisotopic (exact) mass is 433 g/mol. The van der Waals surface area contributed by atoms with E-state index in [9.17, 15) is 23.4 Å². The molecule has 0 saturated carbocycles. The molecular formula is C18H16BNO7S2. The molecule has 0 N–H and O–H groups in total. The van der Waals surface area contributed by atoms with E-state index in [2.05, 4.69) is 11.2 Å². The average molecular weight is 433 g/mol. The number of ether oxygens (including phenoxy) is 1. The predicted octanol–water partition coefficient (Wildman–Crippen LogP) is 0.754. The second kappa shape index (κ2) is 8.46. The summed E-state index contributed by atoms with van der Waals surface area (Å²) in [6.07, 6.45) is 0.0636. The van der Waals surface area contributed by atoms with Gasteiger partial charge in [-0.1, -0.05) is 12.6 Å². The van der Waals surface area contributed by atoms with E-state index in [4.69, 9.17) is 12.8 Å². The molecule has 1 aromatic rings. The largest absolute Gasteiger partial charge is 0.539 e. The summed E-state index contributed by atoms with van der Waals surface area (Å²) < 4.78 is 22.1. The molecule has 2 aliphatic rings. The Morgan fingerprint density at radius 3 is 2.69 bits per heavy atom. The molecule has 1 fully saturated rings. The molecule has 150 valence electrons. The standard InChI is InChI=1S/C18H16BNO7S2/c1-9-14(8-26-10(2)21)15(18(24)27-19)20-16(23)13(17(20)29(9)25)7-11(22)6-12-4-3-5-28-12/h3-5,13,17H,1,6-8H2,2H3/t13-,17-,29?/m1/s1. The fourth-order valence-corrected chi connectivity index (χ4v) is 5.60. The van der Waals surface area contributed by atoms with Crippen LogP contribution < -0.4 is 0 Å². The highest BCUT2D eigenvalue weighted by molar-refractivity contribution is 7.90. The Morgan fingerprint density at radius 2 is 2.10 bits per heavy atom. The number of carbonyl (C=O) groups excluding carboxylic acids is 4. The number of fused-ring (bicyclic) bond motifs is 1. The molecule has 29 heavy (non-hydrogen) atoms. The van der Waals surface area contributed by atoms with E-state index in [0.29, 0.717) is 0 Å². The van der Waals surface area contributed by atoms with Crippen LogP contribution in [0.2, 0.25) is 0 Å². The number of carbonyl (C=O) groups is 4. The molecule has 2 radical (unpaired) electrons. The lowest BCUT2D eigenvalue weighted by Gasteiger charge is -2.49. The third-order valence-electron chi connectivity index (χ3n) is 4.60. The third kappa shape index (κ3) is 3.97. The Morgan fingerprint density at radius 1 is 1.38 bits per heavy atom. The number of β-lactam (4-membered cyclic amide) rings is 1. The summed E-state index contributed by atoms with van der Waals surface area (Å²) in [5, 5.41) is 0.914. The van der Waals surface area contributed by atoms with Crippen molar-refractivity contribution in [3.05, 3.63) is 45.1 Å². The highest BCUT2D eigenvalue weighted by atomic mass is 32.2. The van der Waals surface area contributed by atoms with Gasteiger partial charge in [0.15, 0.2) is 0 Å². The molecule has 1 aromatic heterocycles. The van der Waals surface area contributed by atoms with Crippen molar-refractivity contribution in [2.24, 2.45) is 5.92 Å². The van der Waals surface area contributed by atoms with E-state index >= 15 is 0 Å². The second-order valence-electron chi connectivity index (χ2n) is 6.44. The minimum Gasteiger partial charge on any atom is -0.539 e. The molecule has 1 unspecified atom stereocenters. The summed E-state index contributed by atoms with van der Waals surface area (Å²) in [6.45, 7) is 4.47. The summed E-state index contributed by atoms with van der Waals surface area (Å²) in [5.74, 6) is -3.25. The maximum absolute atomic E-state index is 12.9. The van der Waals surface area contributed by atoms with Crippen molar-refractivity contribution in [1.82, 2.24) is 4.90 Å². The first kappa shape index (κ1) is 21.2. The number of amides is 1. The zero-order valence-corrected chi connectivity index (χ0v) is 17.0. The van der Waals surface area contributed by atoms with E-state index in [1.807, 2.05) is 17.5 Å². The second-order valence-corrected chi connectivity index (χ2v) is 9.04. The average Bonchev–Trinajstić information content (AvgIpc) is 3.18. The van der Waals surface area contributed by atoms with Gasteiger partial charge in [-0.25, -0.2) is 4.79 Å².